The molecule has 168 valence electrons. The van der Waals surface area contributed by atoms with Crippen LogP contribution in [0, 0.1) is 0 Å². The van der Waals surface area contributed by atoms with Gasteiger partial charge in [-0.3, -0.25) is 4.79 Å². The highest BCUT2D eigenvalue weighted by Gasteiger charge is 2.29. The Kier molecular flexibility index (Phi) is 5.66. The number of hydrogen-bond donors (Lipinski definition) is 1. The average molecular weight is 444 g/mol. The number of benzene rings is 1. The van der Waals surface area contributed by atoms with Gasteiger partial charge in [-0.1, -0.05) is 6.07 Å². The highest BCUT2D eigenvalue weighted by atomic mass is 16.5. The lowest BCUT2D eigenvalue weighted by Gasteiger charge is -2.34. The van der Waals surface area contributed by atoms with E-state index in [0.29, 0.717) is 31.1 Å². The molecule has 33 heavy (non-hydrogen) atoms. The molecule has 1 saturated heterocycles. The Morgan fingerprint density at radius 3 is 2.94 bits per heavy atom. The molecule has 5 rings (SSSR count). The maximum absolute atomic E-state index is 13.3. The van der Waals surface area contributed by atoms with E-state index in [1.807, 2.05) is 48.5 Å². The van der Waals surface area contributed by atoms with Crippen LogP contribution in [0.5, 0.6) is 11.5 Å². The predicted molar refractivity (Wildman–Crippen MR) is 124 cm³/mol. The molecule has 2 N–H and O–H groups in total. The summed E-state index contributed by atoms with van der Waals surface area (Å²) < 4.78 is 17.1. The number of amides is 1. The van der Waals surface area contributed by atoms with Crippen LogP contribution in [-0.2, 0) is 9.53 Å². The highest BCUT2D eigenvalue weighted by Crippen LogP contribution is 2.31. The Hall–Kier alpha value is -3.91. The molecular weight excluding hydrogens is 420 g/mol. The zero-order chi connectivity index (χ0) is 22.8. The summed E-state index contributed by atoms with van der Waals surface area (Å²) in [4.78, 5) is 24.0. The minimum absolute atomic E-state index is 0.0596. The lowest BCUT2D eigenvalue weighted by atomic mass is 10.1. The SMILES string of the molecule is COc1ccc2c(c1)C=C(C(=O)N1CCO[C@H](c3cccc(-c4ccc(N)nc4)n3)C1)CO2. The van der Waals surface area contributed by atoms with E-state index in [2.05, 4.69) is 4.98 Å². The first-order chi connectivity index (χ1) is 16.1. The number of hydrogen-bond acceptors (Lipinski definition) is 7. The fraction of sp³-hybridized carbons (Fsp3) is 0.240. The first-order valence-corrected chi connectivity index (χ1v) is 10.7. The number of nitrogen functional groups attached to an aromatic ring is 1. The molecule has 8 heteroatoms. The van der Waals surface area contributed by atoms with E-state index < -0.39 is 0 Å². The molecule has 3 aromatic rings. The fourth-order valence-corrected chi connectivity index (χ4v) is 3.97. The molecule has 1 amide bonds. The van der Waals surface area contributed by atoms with E-state index in [4.69, 9.17) is 24.9 Å². The van der Waals surface area contributed by atoms with Crippen molar-refractivity contribution in [2.24, 2.45) is 0 Å². The number of carbonyl (C=O) groups is 1. The van der Waals surface area contributed by atoms with Crippen LogP contribution in [0.15, 0.2) is 60.3 Å². The summed E-state index contributed by atoms with van der Waals surface area (Å²) in [6.07, 6.45) is 3.25. The number of pyridine rings is 2. The van der Waals surface area contributed by atoms with Crippen molar-refractivity contribution < 1.29 is 19.0 Å². The Bertz CT molecular complexity index is 1210. The van der Waals surface area contributed by atoms with Crippen LogP contribution < -0.4 is 15.2 Å². The van der Waals surface area contributed by atoms with Crippen LogP contribution in [0.4, 0.5) is 5.82 Å². The van der Waals surface area contributed by atoms with Crippen molar-refractivity contribution in [1.29, 1.82) is 0 Å². The van der Waals surface area contributed by atoms with Gasteiger partial charge >= 0.3 is 0 Å². The smallest absolute Gasteiger partial charge is 0.253 e. The minimum Gasteiger partial charge on any atom is -0.497 e. The molecule has 8 nitrogen and oxygen atoms in total. The van der Waals surface area contributed by atoms with E-state index in [1.54, 1.807) is 24.3 Å². The van der Waals surface area contributed by atoms with Gasteiger partial charge in [0.2, 0.25) is 0 Å². The summed E-state index contributed by atoms with van der Waals surface area (Å²) in [5.74, 6) is 1.86. The zero-order valence-electron chi connectivity index (χ0n) is 18.2. The number of morpholine rings is 1. The molecule has 1 fully saturated rings. The van der Waals surface area contributed by atoms with Crippen LogP contribution in [0.25, 0.3) is 17.3 Å². The summed E-state index contributed by atoms with van der Waals surface area (Å²) in [5, 5.41) is 0. The number of methoxy groups -OCH3 is 1. The Labute approximate surface area is 191 Å². The second kappa shape index (κ2) is 8.91. The van der Waals surface area contributed by atoms with E-state index in [1.165, 1.54) is 0 Å². The largest absolute Gasteiger partial charge is 0.497 e. The first-order valence-electron chi connectivity index (χ1n) is 10.7. The molecule has 0 aliphatic carbocycles. The number of carbonyl (C=O) groups excluding carboxylic acids is 1. The van der Waals surface area contributed by atoms with Crippen LogP contribution in [0.1, 0.15) is 17.4 Å². The third-order valence-electron chi connectivity index (χ3n) is 5.74. The molecule has 2 aliphatic rings. The highest BCUT2D eigenvalue weighted by molar-refractivity contribution is 5.99. The molecular formula is C25H24N4O4. The number of aromatic nitrogens is 2. The van der Waals surface area contributed by atoms with Crippen LogP contribution in [0.3, 0.4) is 0 Å². The maximum Gasteiger partial charge on any atom is 0.253 e. The topological polar surface area (TPSA) is 99.8 Å². The maximum atomic E-state index is 13.3. The van der Waals surface area contributed by atoms with Crippen molar-refractivity contribution in [1.82, 2.24) is 14.9 Å². The van der Waals surface area contributed by atoms with Gasteiger partial charge in [-0.2, -0.15) is 0 Å². The van der Waals surface area contributed by atoms with E-state index in [9.17, 15) is 4.79 Å². The molecule has 0 radical (unpaired) electrons. The number of fused-ring (bicyclic) bond motifs is 1. The number of nitrogens with zero attached hydrogens (tertiary/aromatic N) is 3. The van der Waals surface area contributed by atoms with E-state index >= 15 is 0 Å². The van der Waals surface area contributed by atoms with Gasteiger partial charge in [-0.05, 0) is 48.5 Å². The number of nitrogens with two attached hydrogens (primary N) is 1. The second-order valence-electron chi connectivity index (χ2n) is 7.89. The molecule has 1 atom stereocenters. The normalized spacial score (nSPS) is 17.5. The number of anilines is 1. The molecule has 0 bridgehead atoms. The van der Waals surface area contributed by atoms with Crippen LogP contribution >= 0.6 is 0 Å². The van der Waals surface area contributed by atoms with Gasteiger partial charge < -0.3 is 24.8 Å². The summed E-state index contributed by atoms with van der Waals surface area (Å²) in [7, 11) is 1.61. The van der Waals surface area contributed by atoms with Gasteiger partial charge in [0.05, 0.1) is 37.2 Å². The van der Waals surface area contributed by atoms with Crippen LogP contribution in [-0.4, -0.2) is 54.2 Å². The molecule has 2 aliphatic heterocycles. The van der Waals surface area contributed by atoms with Gasteiger partial charge in [-0.25, -0.2) is 9.97 Å². The predicted octanol–water partition coefficient (Wildman–Crippen LogP) is 3.11. The molecule has 0 spiro atoms. The number of rotatable bonds is 4. The van der Waals surface area contributed by atoms with Gasteiger partial charge in [0.25, 0.3) is 5.91 Å². The second-order valence-corrected chi connectivity index (χ2v) is 7.89. The third-order valence-corrected chi connectivity index (χ3v) is 5.74. The molecule has 2 aromatic heterocycles. The van der Waals surface area contributed by atoms with Gasteiger partial charge in [0.1, 0.15) is 30.0 Å². The zero-order valence-corrected chi connectivity index (χ0v) is 18.2. The van der Waals surface area contributed by atoms with Crippen LogP contribution in [0.2, 0.25) is 0 Å². The Balaban J connectivity index is 1.34. The first kappa shape index (κ1) is 21.0. The van der Waals surface area contributed by atoms with E-state index in [-0.39, 0.29) is 18.6 Å². The van der Waals surface area contributed by atoms with Crippen molar-refractivity contribution in [2.75, 3.05) is 39.1 Å². The van der Waals surface area contributed by atoms with E-state index in [0.717, 1.165) is 34.0 Å². The van der Waals surface area contributed by atoms with Gasteiger partial charge in [0, 0.05) is 23.9 Å². The molecule has 4 heterocycles. The average Bonchev–Trinajstić information content (AvgIpc) is 2.88. The molecule has 0 saturated carbocycles. The van der Waals surface area contributed by atoms with Crippen molar-refractivity contribution in [3.63, 3.8) is 0 Å². The fourth-order valence-electron chi connectivity index (χ4n) is 3.97. The lowest BCUT2D eigenvalue weighted by molar-refractivity contribution is -0.135. The lowest BCUT2D eigenvalue weighted by Crippen LogP contribution is -2.44. The summed E-state index contributed by atoms with van der Waals surface area (Å²) in [6, 6.07) is 14.9. The summed E-state index contributed by atoms with van der Waals surface area (Å²) in [6.45, 7) is 1.60. The quantitative estimate of drug-likeness (QED) is 0.660. The summed E-state index contributed by atoms with van der Waals surface area (Å²) in [5.41, 5.74) is 9.54. The van der Waals surface area contributed by atoms with Gasteiger partial charge in [0.15, 0.2) is 0 Å². The van der Waals surface area contributed by atoms with Gasteiger partial charge in [-0.15, -0.1) is 0 Å². The van der Waals surface area contributed by atoms with Crippen molar-refractivity contribution in [3.05, 3.63) is 71.6 Å². The monoisotopic (exact) mass is 444 g/mol. The molecule has 0 unspecified atom stereocenters. The molecule has 1 aromatic carbocycles. The van der Waals surface area contributed by atoms with Crippen molar-refractivity contribution >= 4 is 17.8 Å². The van der Waals surface area contributed by atoms with Crippen molar-refractivity contribution in [2.45, 2.75) is 6.10 Å². The number of ether oxygens (including phenoxy) is 3. The minimum atomic E-state index is -0.318. The third kappa shape index (κ3) is 4.38. The van der Waals surface area contributed by atoms with Crippen molar-refractivity contribution in [3.8, 4) is 22.8 Å². The Morgan fingerprint density at radius 1 is 1.21 bits per heavy atom. The Morgan fingerprint density at radius 2 is 2.12 bits per heavy atom. The summed E-state index contributed by atoms with van der Waals surface area (Å²) >= 11 is 0. The standard InChI is InChI=1S/C25H24N4O4/c1-31-19-6-7-22-17(12-19)11-18(15-33-22)25(30)29-9-10-32-23(14-29)21-4-2-3-20(28-21)16-5-8-24(26)27-13-16/h2-8,11-13,23H,9-10,14-15H2,1H3,(H2,26,27)/t23-/m0/s1.